The third-order valence-electron chi connectivity index (χ3n) is 1.69. The summed E-state index contributed by atoms with van der Waals surface area (Å²) in [5.74, 6) is 0. The molecule has 0 fully saturated rings. The van der Waals surface area contributed by atoms with Crippen LogP contribution in [0.4, 0.5) is 0 Å². The van der Waals surface area contributed by atoms with Crippen LogP contribution < -0.4 is 5.73 Å². The smallest absolute Gasteiger partial charge is 0.0505 e. The molecule has 1 nitrogen and oxygen atoms in total. The zero-order valence-corrected chi connectivity index (χ0v) is 6.75. The van der Waals surface area contributed by atoms with Crippen molar-refractivity contribution in [3.8, 4) is 0 Å². The Morgan fingerprint density at radius 1 is 1.36 bits per heavy atom. The molecule has 0 aliphatic heterocycles. The van der Waals surface area contributed by atoms with E-state index in [0.717, 1.165) is 11.1 Å². The zero-order chi connectivity index (χ0) is 8.27. The van der Waals surface area contributed by atoms with Gasteiger partial charge in [-0.05, 0) is 12.5 Å². The van der Waals surface area contributed by atoms with Gasteiger partial charge < -0.3 is 5.73 Å². The van der Waals surface area contributed by atoms with Gasteiger partial charge in [0.2, 0.25) is 0 Å². The summed E-state index contributed by atoms with van der Waals surface area (Å²) in [6.45, 7) is 5.75. The molecule has 0 radical (unpaired) electrons. The number of benzene rings is 1. The van der Waals surface area contributed by atoms with Gasteiger partial charge in [0.15, 0.2) is 0 Å². The van der Waals surface area contributed by atoms with Crippen molar-refractivity contribution in [2.24, 2.45) is 5.73 Å². The van der Waals surface area contributed by atoms with E-state index < -0.39 is 0 Å². The van der Waals surface area contributed by atoms with Crippen LogP contribution in [-0.4, -0.2) is 0 Å². The highest BCUT2D eigenvalue weighted by molar-refractivity contribution is 5.24. The normalized spacial score (nSPS) is 12.5. The zero-order valence-electron chi connectivity index (χ0n) is 6.75. The van der Waals surface area contributed by atoms with E-state index in [4.69, 9.17) is 5.73 Å². The van der Waals surface area contributed by atoms with E-state index in [1.54, 1.807) is 0 Å². The molecular weight excluding hydrogens is 134 g/mol. The lowest BCUT2D eigenvalue weighted by Crippen LogP contribution is -2.10. The lowest BCUT2D eigenvalue weighted by atomic mass is 10.0. The molecular formula is C10H13N. The van der Waals surface area contributed by atoms with Gasteiger partial charge in [-0.3, -0.25) is 0 Å². The molecule has 11 heavy (non-hydrogen) atoms. The van der Waals surface area contributed by atoms with E-state index in [9.17, 15) is 0 Å². The summed E-state index contributed by atoms with van der Waals surface area (Å²) in [7, 11) is 0. The predicted octanol–water partition coefficient (Wildman–Crippen LogP) is 2.26. The first-order chi connectivity index (χ1) is 5.22. The van der Waals surface area contributed by atoms with E-state index in [0.29, 0.717) is 0 Å². The molecule has 0 saturated heterocycles. The molecule has 1 heteroatoms. The molecule has 0 saturated carbocycles. The SMILES string of the molecule is C=C(C)C(N)c1ccccc1. The molecule has 0 amide bonds. The van der Waals surface area contributed by atoms with Gasteiger partial charge >= 0.3 is 0 Å². The average molecular weight is 147 g/mol. The van der Waals surface area contributed by atoms with Crippen LogP contribution in [0.3, 0.4) is 0 Å². The summed E-state index contributed by atoms with van der Waals surface area (Å²) in [6, 6.07) is 9.96. The number of hydrogen-bond donors (Lipinski definition) is 1. The molecule has 0 bridgehead atoms. The number of hydrogen-bond acceptors (Lipinski definition) is 1. The van der Waals surface area contributed by atoms with E-state index in [1.807, 2.05) is 37.3 Å². The highest BCUT2D eigenvalue weighted by atomic mass is 14.6. The monoisotopic (exact) mass is 147 g/mol. The second kappa shape index (κ2) is 3.35. The molecule has 58 valence electrons. The predicted molar refractivity (Wildman–Crippen MR) is 48.2 cm³/mol. The van der Waals surface area contributed by atoms with Crippen molar-refractivity contribution in [1.29, 1.82) is 0 Å². The van der Waals surface area contributed by atoms with Crippen LogP contribution in [0.25, 0.3) is 0 Å². The maximum Gasteiger partial charge on any atom is 0.0505 e. The molecule has 1 aromatic carbocycles. The Bertz CT molecular complexity index is 238. The Balaban J connectivity index is 2.85. The summed E-state index contributed by atoms with van der Waals surface area (Å²) < 4.78 is 0. The number of nitrogens with two attached hydrogens (primary N) is 1. The van der Waals surface area contributed by atoms with Gasteiger partial charge in [-0.15, -0.1) is 0 Å². The van der Waals surface area contributed by atoms with Crippen molar-refractivity contribution in [2.45, 2.75) is 13.0 Å². The molecule has 1 rings (SSSR count). The minimum atomic E-state index is -0.0174. The molecule has 0 aromatic heterocycles. The van der Waals surface area contributed by atoms with Crippen LogP contribution in [-0.2, 0) is 0 Å². The topological polar surface area (TPSA) is 26.0 Å². The van der Waals surface area contributed by atoms with Crippen LogP contribution in [0, 0.1) is 0 Å². The average Bonchev–Trinajstić information content (AvgIpc) is 2.05. The first-order valence-corrected chi connectivity index (χ1v) is 3.67. The van der Waals surface area contributed by atoms with Crippen molar-refractivity contribution in [2.75, 3.05) is 0 Å². The van der Waals surface area contributed by atoms with Crippen LogP contribution in [0.2, 0.25) is 0 Å². The standard InChI is InChI=1S/C10H13N/c1-8(2)10(11)9-6-4-3-5-7-9/h3-7,10H,1,11H2,2H3. The Morgan fingerprint density at radius 3 is 2.36 bits per heavy atom. The molecule has 0 aliphatic carbocycles. The fourth-order valence-electron chi connectivity index (χ4n) is 0.945. The Kier molecular flexibility index (Phi) is 2.44. The Labute approximate surface area is 67.5 Å². The van der Waals surface area contributed by atoms with Gasteiger partial charge in [-0.2, -0.15) is 0 Å². The summed E-state index contributed by atoms with van der Waals surface area (Å²) in [5, 5.41) is 0. The van der Waals surface area contributed by atoms with Crippen LogP contribution >= 0.6 is 0 Å². The van der Waals surface area contributed by atoms with E-state index in [-0.39, 0.29) is 6.04 Å². The molecule has 0 spiro atoms. The second-order valence-corrected chi connectivity index (χ2v) is 2.73. The van der Waals surface area contributed by atoms with Crippen molar-refractivity contribution in [3.05, 3.63) is 48.0 Å². The fraction of sp³-hybridized carbons (Fsp3) is 0.200. The third kappa shape index (κ3) is 1.92. The van der Waals surface area contributed by atoms with Gasteiger partial charge in [-0.25, -0.2) is 0 Å². The van der Waals surface area contributed by atoms with Gasteiger partial charge in [0.25, 0.3) is 0 Å². The van der Waals surface area contributed by atoms with Gasteiger partial charge in [0.05, 0.1) is 6.04 Å². The van der Waals surface area contributed by atoms with E-state index in [2.05, 4.69) is 6.58 Å². The van der Waals surface area contributed by atoms with Crippen molar-refractivity contribution in [1.82, 2.24) is 0 Å². The van der Waals surface area contributed by atoms with Crippen molar-refractivity contribution >= 4 is 0 Å². The van der Waals surface area contributed by atoms with Crippen molar-refractivity contribution < 1.29 is 0 Å². The highest BCUT2D eigenvalue weighted by Crippen LogP contribution is 2.15. The lowest BCUT2D eigenvalue weighted by molar-refractivity contribution is 0.851. The first-order valence-electron chi connectivity index (χ1n) is 3.67. The van der Waals surface area contributed by atoms with Gasteiger partial charge in [-0.1, -0.05) is 42.5 Å². The summed E-state index contributed by atoms with van der Waals surface area (Å²) in [6.07, 6.45) is 0. The first kappa shape index (κ1) is 8.02. The summed E-state index contributed by atoms with van der Waals surface area (Å²) in [4.78, 5) is 0. The van der Waals surface area contributed by atoms with Gasteiger partial charge in [0.1, 0.15) is 0 Å². The quantitative estimate of drug-likeness (QED) is 0.638. The summed E-state index contributed by atoms with van der Waals surface area (Å²) >= 11 is 0. The van der Waals surface area contributed by atoms with Crippen molar-refractivity contribution in [3.63, 3.8) is 0 Å². The highest BCUT2D eigenvalue weighted by Gasteiger charge is 2.03. The maximum absolute atomic E-state index is 5.84. The minimum absolute atomic E-state index is 0.0174. The molecule has 0 aliphatic rings. The van der Waals surface area contributed by atoms with Crippen LogP contribution in [0.5, 0.6) is 0 Å². The minimum Gasteiger partial charge on any atom is -0.321 e. The summed E-state index contributed by atoms with van der Waals surface area (Å²) in [5.41, 5.74) is 7.96. The largest absolute Gasteiger partial charge is 0.321 e. The third-order valence-corrected chi connectivity index (χ3v) is 1.69. The molecule has 0 heterocycles. The van der Waals surface area contributed by atoms with Crippen LogP contribution in [0.15, 0.2) is 42.5 Å². The maximum atomic E-state index is 5.84. The molecule has 2 N–H and O–H groups in total. The Hall–Kier alpha value is -1.08. The lowest BCUT2D eigenvalue weighted by Gasteiger charge is -2.10. The number of rotatable bonds is 2. The fourth-order valence-corrected chi connectivity index (χ4v) is 0.945. The van der Waals surface area contributed by atoms with E-state index >= 15 is 0 Å². The van der Waals surface area contributed by atoms with E-state index in [1.165, 1.54) is 0 Å². The Morgan fingerprint density at radius 2 is 1.91 bits per heavy atom. The van der Waals surface area contributed by atoms with Gasteiger partial charge in [0, 0.05) is 0 Å². The molecule has 1 aromatic rings. The molecule has 1 atom stereocenters. The molecule has 1 unspecified atom stereocenters. The second-order valence-electron chi connectivity index (χ2n) is 2.73. The van der Waals surface area contributed by atoms with Crippen LogP contribution in [0.1, 0.15) is 18.5 Å².